The highest BCUT2D eigenvalue weighted by Crippen LogP contribution is 2.32. The van der Waals surface area contributed by atoms with Crippen LogP contribution >= 0.6 is 11.6 Å². The van der Waals surface area contributed by atoms with Crippen LogP contribution in [0.4, 0.5) is 11.9 Å². The van der Waals surface area contributed by atoms with E-state index in [0.717, 1.165) is 36.6 Å². The van der Waals surface area contributed by atoms with Gasteiger partial charge in [-0.2, -0.15) is 0 Å². The Labute approximate surface area is 157 Å². The Bertz CT molecular complexity index is 855. The van der Waals surface area contributed by atoms with E-state index >= 15 is 0 Å². The summed E-state index contributed by atoms with van der Waals surface area (Å²) in [5.41, 5.74) is 2.27. The third kappa shape index (κ3) is 3.98. The molecule has 1 aliphatic rings. The molecule has 132 valence electrons. The number of benzene rings is 1. The second-order valence-corrected chi connectivity index (χ2v) is 6.69. The van der Waals surface area contributed by atoms with Crippen LogP contribution in [-0.4, -0.2) is 31.4 Å². The average molecular weight is 367 g/mol. The van der Waals surface area contributed by atoms with Gasteiger partial charge in [-0.05, 0) is 49.2 Å². The lowest BCUT2D eigenvalue weighted by molar-refractivity contribution is 0.244. The van der Waals surface area contributed by atoms with Crippen LogP contribution in [0.5, 0.6) is 0 Å². The van der Waals surface area contributed by atoms with Crippen molar-refractivity contribution in [2.75, 3.05) is 11.9 Å². The quantitative estimate of drug-likeness (QED) is 0.736. The molecule has 0 aliphatic carbocycles. The fourth-order valence-corrected chi connectivity index (χ4v) is 3.38. The Kier molecular flexibility index (Phi) is 5.04. The largest absolute Gasteiger partial charge is 0.293 e. The molecule has 2 aromatic heterocycles. The maximum Gasteiger partial charge on any atom is 0.229 e. The van der Waals surface area contributed by atoms with Crippen molar-refractivity contribution < 1.29 is 0 Å². The number of hydrogen-bond donors (Lipinski definition) is 1. The smallest absolute Gasteiger partial charge is 0.229 e. The number of aromatic nitrogens is 4. The highest BCUT2D eigenvalue weighted by Gasteiger charge is 2.27. The minimum absolute atomic E-state index is 0.283. The first kappa shape index (κ1) is 16.9. The molecule has 4 rings (SSSR count). The van der Waals surface area contributed by atoms with Crippen LogP contribution in [0.2, 0.25) is 5.02 Å². The molecule has 6 nitrogen and oxygen atoms in total. The van der Waals surface area contributed by atoms with Crippen molar-refractivity contribution in [1.82, 2.24) is 24.8 Å². The molecule has 0 saturated carbocycles. The lowest BCUT2D eigenvalue weighted by Crippen LogP contribution is -2.23. The van der Waals surface area contributed by atoms with Gasteiger partial charge in [0.15, 0.2) is 0 Å². The minimum Gasteiger partial charge on any atom is -0.293 e. The second-order valence-electron chi connectivity index (χ2n) is 6.26. The Balaban J connectivity index is 1.50. The molecular formula is C19H19ClN6. The number of hydrogen-bond acceptors (Lipinski definition) is 6. The van der Waals surface area contributed by atoms with Gasteiger partial charge in [0.1, 0.15) is 0 Å². The Morgan fingerprint density at radius 3 is 2.58 bits per heavy atom. The van der Waals surface area contributed by atoms with Crippen LogP contribution in [0.25, 0.3) is 0 Å². The summed E-state index contributed by atoms with van der Waals surface area (Å²) in [7, 11) is 0. The molecule has 1 saturated heterocycles. The predicted molar refractivity (Wildman–Crippen MR) is 101 cm³/mol. The van der Waals surface area contributed by atoms with Crippen LogP contribution < -0.4 is 5.32 Å². The van der Waals surface area contributed by atoms with E-state index in [2.05, 4.69) is 37.3 Å². The predicted octanol–water partition coefficient (Wildman–Crippen LogP) is 4.00. The summed E-state index contributed by atoms with van der Waals surface area (Å²) in [6, 6.07) is 12.1. The third-order valence-electron chi connectivity index (χ3n) is 4.47. The van der Waals surface area contributed by atoms with E-state index in [1.807, 2.05) is 18.2 Å². The van der Waals surface area contributed by atoms with E-state index < -0.39 is 0 Å². The number of nitrogens with zero attached hydrogens (tertiary/aromatic N) is 5. The molecule has 3 aromatic rings. The van der Waals surface area contributed by atoms with Crippen molar-refractivity contribution in [3.63, 3.8) is 0 Å². The van der Waals surface area contributed by atoms with E-state index in [1.165, 1.54) is 5.56 Å². The van der Waals surface area contributed by atoms with Crippen LogP contribution in [0.3, 0.4) is 0 Å². The molecule has 0 bridgehead atoms. The minimum atomic E-state index is 0.283. The second kappa shape index (κ2) is 7.76. The molecule has 26 heavy (non-hydrogen) atoms. The zero-order chi connectivity index (χ0) is 17.8. The molecule has 1 fully saturated rings. The van der Waals surface area contributed by atoms with Crippen LogP contribution in [0.15, 0.2) is 55.0 Å². The summed E-state index contributed by atoms with van der Waals surface area (Å²) in [4.78, 5) is 19.7. The first-order valence-electron chi connectivity index (χ1n) is 8.63. The molecule has 7 heteroatoms. The van der Waals surface area contributed by atoms with Gasteiger partial charge >= 0.3 is 0 Å². The van der Waals surface area contributed by atoms with Crippen molar-refractivity contribution in [3.8, 4) is 0 Å². The number of rotatable bonds is 5. The van der Waals surface area contributed by atoms with E-state index in [4.69, 9.17) is 16.6 Å². The van der Waals surface area contributed by atoms with Gasteiger partial charge in [0.05, 0.1) is 11.7 Å². The first-order valence-corrected chi connectivity index (χ1v) is 9.01. The molecule has 1 aromatic carbocycles. The van der Waals surface area contributed by atoms with Gasteiger partial charge in [0.2, 0.25) is 11.9 Å². The summed E-state index contributed by atoms with van der Waals surface area (Å²) in [6.45, 7) is 1.94. The zero-order valence-electron chi connectivity index (χ0n) is 14.2. The first-order chi connectivity index (χ1) is 12.8. The van der Waals surface area contributed by atoms with E-state index in [-0.39, 0.29) is 6.04 Å². The van der Waals surface area contributed by atoms with Crippen molar-refractivity contribution >= 4 is 23.5 Å². The fraction of sp³-hybridized carbons (Fsp3) is 0.263. The van der Waals surface area contributed by atoms with Gasteiger partial charge in [0.25, 0.3) is 0 Å². The Morgan fingerprint density at radius 1 is 1.00 bits per heavy atom. The third-order valence-corrected chi connectivity index (χ3v) is 4.72. The highest BCUT2D eigenvalue weighted by atomic mass is 35.5. The number of nitrogens with one attached hydrogen (secondary N) is 1. The van der Waals surface area contributed by atoms with Gasteiger partial charge < -0.3 is 0 Å². The number of anilines is 2. The topological polar surface area (TPSA) is 66.8 Å². The molecule has 1 atom stereocenters. The molecule has 1 N–H and O–H groups in total. The zero-order valence-corrected chi connectivity index (χ0v) is 15.0. The molecule has 3 heterocycles. The monoisotopic (exact) mass is 366 g/mol. The fourth-order valence-electron chi connectivity index (χ4n) is 3.26. The summed E-state index contributed by atoms with van der Waals surface area (Å²) in [6.07, 6.45) is 7.40. The van der Waals surface area contributed by atoms with Gasteiger partial charge in [-0.1, -0.05) is 23.7 Å². The lowest BCUT2D eigenvalue weighted by Gasteiger charge is -2.24. The standard InChI is InChI=1S/C19H19ClN6/c20-15-6-4-14(5-7-15)13-26-12-1-3-17(26)16-8-11-23-19(24-16)25-18-21-9-2-10-22-18/h2,4-11,17H,1,3,12-13H2,(H,21,22,23,24,25)/t17-/m1/s1. The van der Waals surface area contributed by atoms with Gasteiger partial charge in [-0.3, -0.25) is 10.2 Å². The highest BCUT2D eigenvalue weighted by molar-refractivity contribution is 6.30. The molecule has 0 amide bonds. The van der Waals surface area contributed by atoms with Crippen LogP contribution in [-0.2, 0) is 6.54 Å². The molecule has 0 spiro atoms. The molecular weight excluding hydrogens is 348 g/mol. The van der Waals surface area contributed by atoms with E-state index in [9.17, 15) is 0 Å². The molecule has 1 aliphatic heterocycles. The van der Waals surface area contributed by atoms with Crippen molar-refractivity contribution in [2.24, 2.45) is 0 Å². The summed E-state index contributed by atoms with van der Waals surface area (Å²) >= 11 is 5.99. The average Bonchev–Trinajstić information content (AvgIpc) is 3.13. The molecule has 0 unspecified atom stereocenters. The van der Waals surface area contributed by atoms with Gasteiger partial charge in [-0.15, -0.1) is 0 Å². The van der Waals surface area contributed by atoms with Crippen molar-refractivity contribution in [3.05, 3.63) is 71.3 Å². The summed E-state index contributed by atoms with van der Waals surface area (Å²) < 4.78 is 0. The Morgan fingerprint density at radius 2 is 1.77 bits per heavy atom. The van der Waals surface area contributed by atoms with Gasteiger partial charge in [0, 0.05) is 30.2 Å². The lowest BCUT2D eigenvalue weighted by atomic mass is 10.1. The maximum atomic E-state index is 5.99. The van der Waals surface area contributed by atoms with E-state index in [0.29, 0.717) is 11.9 Å². The SMILES string of the molecule is Clc1ccc(CN2CCC[C@@H]2c2ccnc(Nc3ncccn3)n2)cc1. The van der Waals surface area contributed by atoms with Gasteiger partial charge in [-0.25, -0.2) is 19.9 Å². The number of likely N-dealkylation sites (tertiary alicyclic amines) is 1. The van der Waals surface area contributed by atoms with Crippen LogP contribution in [0, 0.1) is 0 Å². The van der Waals surface area contributed by atoms with Crippen molar-refractivity contribution in [1.29, 1.82) is 0 Å². The van der Waals surface area contributed by atoms with Crippen molar-refractivity contribution in [2.45, 2.75) is 25.4 Å². The van der Waals surface area contributed by atoms with Crippen LogP contribution in [0.1, 0.15) is 30.1 Å². The van der Waals surface area contributed by atoms with E-state index in [1.54, 1.807) is 24.7 Å². The summed E-state index contributed by atoms with van der Waals surface area (Å²) in [5, 5.41) is 3.83. The maximum absolute atomic E-state index is 5.99. The Hall–Kier alpha value is -2.57. The number of halogens is 1. The summed E-state index contributed by atoms with van der Waals surface area (Å²) in [5.74, 6) is 1.01. The normalized spacial score (nSPS) is 17.3. The molecule has 0 radical (unpaired) electrons.